The normalized spacial score (nSPS) is 13.8. The quantitative estimate of drug-likeness (QED) is 0.0708. The van der Waals surface area contributed by atoms with Crippen LogP contribution in [0.15, 0.2) is 298 Å². The average Bonchev–Trinajstić information content (AvgIpc) is 1.55. The minimum Gasteiger partial charge on any atom is -0.493 e. The molecule has 0 aliphatic heterocycles. The van der Waals surface area contributed by atoms with Crippen molar-refractivity contribution in [2.24, 2.45) is 5.92 Å². The highest BCUT2D eigenvalue weighted by Crippen LogP contribution is 2.57. The second kappa shape index (κ2) is 25.4. The molecule has 0 amide bonds. The van der Waals surface area contributed by atoms with Gasteiger partial charge in [0, 0.05) is 38.9 Å². The number of aromatic nitrogens is 1. The Morgan fingerprint density at radius 2 is 0.902 bits per heavy atom. The van der Waals surface area contributed by atoms with Gasteiger partial charge in [0.1, 0.15) is 5.75 Å². The van der Waals surface area contributed by atoms with Crippen LogP contribution in [0.25, 0.3) is 95.3 Å². The summed E-state index contributed by atoms with van der Waals surface area (Å²) in [6.45, 7) is 17.7. The molecule has 12 aromatic carbocycles. The highest BCUT2D eigenvalue weighted by molar-refractivity contribution is 6.11. The van der Waals surface area contributed by atoms with Crippen LogP contribution in [0.1, 0.15) is 93.2 Å². The van der Waals surface area contributed by atoms with Gasteiger partial charge in [-0.05, 0) is 198 Å². The van der Waals surface area contributed by atoms with Crippen molar-refractivity contribution in [2.45, 2.75) is 70.6 Å². The van der Waals surface area contributed by atoms with Crippen LogP contribution < -0.4 is 9.64 Å². The van der Waals surface area contributed by atoms with Gasteiger partial charge in [0.15, 0.2) is 0 Å². The minimum atomic E-state index is -0.368. The Hall–Kier alpha value is -10.5. The number of ether oxygens (including phenoxy) is 1. The van der Waals surface area contributed by atoms with Crippen molar-refractivity contribution in [1.29, 1.82) is 0 Å². The summed E-state index contributed by atoms with van der Waals surface area (Å²) < 4.78 is 8.93. The van der Waals surface area contributed by atoms with Crippen LogP contribution in [0.5, 0.6) is 5.75 Å². The maximum atomic E-state index is 6.53. The number of unbranched alkanes of at least 4 members (excludes halogenated alkanes) is 1. The number of nitrogens with zero attached hydrogens (tertiary/aromatic N) is 2. The van der Waals surface area contributed by atoms with Gasteiger partial charge in [-0.1, -0.05) is 272 Å². The van der Waals surface area contributed by atoms with Gasteiger partial charge in [0.05, 0.1) is 17.6 Å². The van der Waals surface area contributed by atoms with Crippen LogP contribution >= 0.6 is 0 Å². The third kappa shape index (κ3) is 11.5. The molecule has 1 aromatic heterocycles. The van der Waals surface area contributed by atoms with E-state index in [0.717, 1.165) is 77.3 Å². The third-order valence-electron chi connectivity index (χ3n) is 19.4. The molecular formula is C89H78N2O. The molecule has 0 fully saturated rings. The number of fused-ring (bicyclic) bond motifs is 6. The fourth-order valence-corrected chi connectivity index (χ4v) is 14.2. The van der Waals surface area contributed by atoms with E-state index in [2.05, 4.69) is 335 Å². The first-order valence-electron chi connectivity index (χ1n) is 32.8. The van der Waals surface area contributed by atoms with E-state index in [0.29, 0.717) is 12.5 Å². The smallest absolute Gasteiger partial charge is 0.119 e. The minimum absolute atomic E-state index is 0.0790. The van der Waals surface area contributed by atoms with Crippen molar-refractivity contribution in [3.8, 4) is 67.1 Å². The maximum Gasteiger partial charge on any atom is 0.119 e. The molecule has 13 aromatic rings. The zero-order valence-corrected chi connectivity index (χ0v) is 53.3. The summed E-state index contributed by atoms with van der Waals surface area (Å²) in [6.07, 6.45) is 9.09. The predicted octanol–water partition coefficient (Wildman–Crippen LogP) is 24.5. The summed E-state index contributed by atoms with van der Waals surface area (Å²) in [7, 11) is 0. The molecule has 0 radical (unpaired) electrons. The SMILES string of the molecule is C=Cc1ccc(-c2ccc(OCC(CC)CCCCC3(c4ccccc4)c4ccccc4-c4ccc(N(c5ccc(-c6ccc(C(C)(C)C)cc6)cc5)c5ccc(-c6ccc7c(c6)c6cc(-c8ccc(C=C)cc8)ccc6n7-c6ccccc6)cc5)cc43)cc2)cc1. The Labute approximate surface area is 543 Å². The largest absolute Gasteiger partial charge is 0.493 e. The van der Waals surface area contributed by atoms with Gasteiger partial charge >= 0.3 is 0 Å². The molecular weight excluding hydrogens is 1110 g/mol. The average molecular weight is 1190 g/mol. The van der Waals surface area contributed by atoms with E-state index >= 15 is 0 Å². The van der Waals surface area contributed by atoms with Crippen LogP contribution in [-0.2, 0) is 10.8 Å². The Morgan fingerprint density at radius 3 is 1.43 bits per heavy atom. The van der Waals surface area contributed by atoms with E-state index in [9.17, 15) is 0 Å². The van der Waals surface area contributed by atoms with Gasteiger partial charge in [0.2, 0.25) is 0 Å². The number of rotatable bonds is 20. The number of para-hydroxylation sites is 1. The monoisotopic (exact) mass is 1190 g/mol. The first-order valence-corrected chi connectivity index (χ1v) is 32.8. The van der Waals surface area contributed by atoms with E-state index in [4.69, 9.17) is 4.74 Å². The molecule has 0 spiro atoms. The lowest BCUT2D eigenvalue weighted by Crippen LogP contribution is -2.27. The molecule has 1 aliphatic rings. The van der Waals surface area contributed by atoms with Crippen LogP contribution in [0.3, 0.4) is 0 Å². The Balaban J connectivity index is 0.808. The molecule has 0 bridgehead atoms. The van der Waals surface area contributed by atoms with Crippen molar-refractivity contribution in [1.82, 2.24) is 4.57 Å². The number of hydrogen-bond donors (Lipinski definition) is 0. The third-order valence-corrected chi connectivity index (χ3v) is 19.4. The second-order valence-corrected chi connectivity index (χ2v) is 25.9. The van der Waals surface area contributed by atoms with Crippen LogP contribution in [-0.4, -0.2) is 11.2 Å². The Bertz CT molecular complexity index is 4740. The van der Waals surface area contributed by atoms with Crippen molar-refractivity contribution in [2.75, 3.05) is 11.5 Å². The zero-order valence-electron chi connectivity index (χ0n) is 53.3. The molecule has 92 heavy (non-hydrogen) atoms. The van der Waals surface area contributed by atoms with Gasteiger partial charge < -0.3 is 14.2 Å². The molecule has 0 saturated carbocycles. The van der Waals surface area contributed by atoms with E-state index in [1.54, 1.807) is 0 Å². The molecule has 3 heteroatoms. The molecule has 1 aliphatic carbocycles. The summed E-state index contributed by atoms with van der Waals surface area (Å²) in [6, 6.07) is 106. The van der Waals surface area contributed by atoms with E-state index in [1.165, 1.54) is 94.1 Å². The lowest BCUT2D eigenvalue weighted by molar-refractivity contribution is 0.232. The van der Waals surface area contributed by atoms with Gasteiger partial charge in [-0.2, -0.15) is 0 Å². The van der Waals surface area contributed by atoms with Gasteiger partial charge in [-0.15, -0.1) is 0 Å². The standard InChI is InChI=1S/C89H78N2O/c1-7-62-27-31-65(32-28-62)68-41-52-79(53-42-68)92-61-64(9-3)20-18-19-57-89(74-21-12-10-13-22-74)84-26-17-16-25-80(84)81-54-51-78(60-85(81)89)90(76-47-37-67(38-48-76)66-35-45-73(46-36-66)88(4,5)6)77-49-39-70(40-50-77)72-44-56-87-83(59-72)82-58-71(69-33-29-63(8-2)30-34-69)43-55-86(82)91(87)75-23-14-11-15-24-75/h7-8,10-17,21-56,58-60,64H,1-2,9,18-20,57,61H2,3-6H3. The molecule has 2 unspecified atom stereocenters. The van der Waals surface area contributed by atoms with Gasteiger partial charge in [0.25, 0.3) is 0 Å². The molecule has 0 saturated heterocycles. The second-order valence-electron chi connectivity index (χ2n) is 25.9. The van der Waals surface area contributed by atoms with Gasteiger partial charge in [-0.25, -0.2) is 0 Å². The highest BCUT2D eigenvalue weighted by Gasteiger charge is 2.44. The van der Waals surface area contributed by atoms with Crippen LogP contribution in [0.2, 0.25) is 0 Å². The summed E-state index contributed by atoms with van der Waals surface area (Å²) in [4.78, 5) is 2.47. The summed E-state index contributed by atoms with van der Waals surface area (Å²) >= 11 is 0. The first kappa shape index (κ1) is 59.2. The molecule has 450 valence electrons. The molecule has 2 atom stereocenters. The summed E-state index contributed by atoms with van der Waals surface area (Å²) in [5.41, 5.74) is 26.2. The molecule has 1 heterocycles. The Kier molecular flexibility index (Phi) is 16.3. The lowest BCUT2D eigenvalue weighted by atomic mass is 9.69. The van der Waals surface area contributed by atoms with Crippen molar-refractivity contribution in [3.05, 3.63) is 332 Å². The zero-order chi connectivity index (χ0) is 62.8. The van der Waals surface area contributed by atoms with Crippen LogP contribution in [0, 0.1) is 5.92 Å². The van der Waals surface area contributed by atoms with E-state index in [1.807, 2.05) is 12.2 Å². The lowest BCUT2D eigenvalue weighted by Gasteiger charge is -2.34. The molecule has 3 nitrogen and oxygen atoms in total. The predicted molar refractivity (Wildman–Crippen MR) is 392 cm³/mol. The highest BCUT2D eigenvalue weighted by atomic mass is 16.5. The molecule has 0 N–H and O–H groups in total. The summed E-state index contributed by atoms with van der Waals surface area (Å²) in [5.74, 6) is 1.37. The summed E-state index contributed by atoms with van der Waals surface area (Å²) in [5, 5.41) is 2.44. The fourth-order valence-electron chi connectivity index (χ4n) is 14.2. The number of hydrogen-bond acceptors (Lipinski definition) is 2. The topological polar surface area (TPSA) is 17.4 Å². The van der Waals surface area contributed by atoms with Gasteiger partial charge in [-0.3, -0.25) is 0 Å². The van der Waals surface area contributed by atoms with E-state index < -0.39 is 0 Å². The molecule has 14 rings (SSSR count). The van der Waals surface area contributed by atoms with E-state index in [-0.39, 0.29) is 10.8 Å². The fraction of sp³-hybridized carbons (Fsp3) is 0.146. The Morgan fingerprint density at radius 1 is 0.446 bits per heavy atom. The van der Waals surface area contributed by atoms with Crippen molar-refractivity contribution < 1.29 is 4.74 Å². The maximum absolute atomic E-state index is 6.53. The van der Waals surface area contributed by atoms with Crippen molar-refractivity contribution in [3.63, 3.8) is 0 Å². The number of anilines is 3. The van der Waals surface area contributed by atoms with Crippen molar-refractivity contribution >= 4 is 51.0 Å². The number of benzene rings is 12. The van der Waals surface area contributed by atoms with Crippen LogP contribution in [0.4, 0.5) is 17.1 Å². The first-order chi connectivity index (χ1) is 45.1.